The maximum Gasteiger partial charge on any atom is 0.337 e. The summed E-state index contributed by atoms with van der Waals surface area (Å²) in [5.74, 6) is -0.107. The van der Waals surface area contributed by atoms with E-state index in [0.29, 0.717) is 5.69 Å². The van der Waals surface area contributed by atoms with Gasteiger partial charge in [0.05, 0.1) is 16.5 Å². The molecule has 0 spiro atoms. The van der Waals surface area contributed by atoms with Crippen molar-refractivity contribution in [3.05, 3.63) is 29.3 Å². The second kappa shape index (κ2) is 6.10. The molecule has 102 valence electrons. The van der Waals surface area contributed by atoms with Crippen molar-refractivity contribution < 1.29 is 14.7 Å². The van der Waals surface area contributed by atoms with Gasteiger partial charge in [0.2, 0.25) is 5.91 Å². The molecule has 19 heavy (non-hydrogen) atoms. The third-order valence-corrected chi connectivity index (χ3v) is 4.51. The number of aromatic carboxylic acids is 1. The smallest absolute Gasteiger partial charge is 0.337 e. The van der Waals surface area contributed by atoms with E-state index in [0.717, 1.165) is 30.6 Å². The molecule has 0 aromatic heterocycles. The van der Waals surface area contributed by atoms with Crippen LogP contribution in [0.2, 0.25) is 0 Å². The van der Waals surface area contributed by atoms with Crippen molar-refractivity contribution in [2.75, 3.05) is 11.1 Å². The van der Waals surface area contributed by atoms with E-state index in [-0.39, 0.29) is 16.7 Å². The average Bonchev–Trinajstić information content (AvgIpc) is 2.41. The predicted molar refractivity (Wildman–Crippen MR) is 76.9 cm³/mol. The number of rotatable bonds is 3. The van der Waals surface area contributed by atoms with Crippen molar-refractivity contribution in [1.82, 2.24) is 0 Å². The fourth-order valence-corrected chi connectivity index (χ4v) is 3.30. The van der Waals surface area contributed by atoms with Crippen LogP contribution in [0.1, 0.15) is 35.2 Å². The van der Waals surface area contributed by atoms with Crippen LogP contribution >= 0.6 is 11.8 Å². The van der Waals surface area contributed by atoms with Crippen molar-refractivity contribution in [2.45, 2.75) is 31.4 Å². The van der Waals surface area contributed by atoms with Gasteiger partial charge >= 0.3 is 5.97 Å². The van der Waals surface area contributed by atoms with E-state index in [1.807, 2.05) is 6.92 Å². The van der Waals surface area contributed by atoms with E-state index in [1.165, 1.54) is 0 Å². The number of carbonyl (C=O) groups excluding carboxylic acids is 1. The van der Waals surface area contributed by atoms with E-state index < -0.39 is 5.97 Å². The third-order valence-electron chi connectivity index (χ3n) is 3.14. The zero-order chi connectivity index (χ0) is 13.8. The fraction of sp³-hybridized carbons (Fsp3) is 0.429. The first-order valence-corrected chi connectivity index (χ1v) is 7.39. The molecule has 1 amide bonds. The van der Waals surface area contributed by atoms with Gasteiger partial charge in [-0.2, -0.15) is 0 Å². The molecular formula is C14H17NO3S. The van der Waals surface area contributed by atoms with Crippen LogP contribution in [-0.2, 0) is 4.79 Å². The summed E-state index contributed by atoms with van der Waals surface area (Å²) >= 11 is 1.65. The van der Waals surface area contributed by atoms with Gasteiger partial charge in [-0.05, 0) is 37.7 Å². The molecular weight excluding hydrogens is 262 g/mol. The summed E-state index contributed by atoms with van der Waals surface area (Å²) in [7, 11) is 0. The van der Waals surface area contributed by atoms with Gasteiger partial charge in [0.1, 0.15) is 0 Å². The molecule has 0 radical (unpaired) electrons. The standard InChI is InChI=1S/C14H17NO3S/c1-9-5-6-11(10(8-9)14(17)18)15-13(16)12-4-2-3-7-19-12/h5-6,8,12H,2-4,7H2,1H3,(H,15,16)(H,17,18). The van der Waals surface area contributed by atoms with Gasteiger partial charge in [-0.3, -0.25) is 4.79 Å². The number of hydrogen-bond acceptors (Lipinski definition) is 3. The third kappa shape index (κ3) is 3.50. The SMILES string of the molecule is Cc1ccc(NC(=O)C2CCCCS2)c(C(=O)O)c1. The predicted octanol–water partition coefficient (Wildman–Crippen LogP) is 2.92. The van der Waals surface area contributed by atoms with E-state index >= 15 is 0 Å². The number of amides is 1. The Kier molecular flexibility index (Phi) is 4.47. The summed E-state index contributed by atoms with van der Waals surface area (Å²) in [4.78, 5) is 23.3. The minimum Gasteiger partial charge on any atom is -0.478 e. The molecule has 1 aromatic carbocycles. The molecule has 1 aliphatic heterocycles. The number of nitrogens with one attached hydrogen (secondary N) is 1. The monoisotopic (exact) mass is 279 g/mol. The van der Waals surface area contributed by atoms with Crippen LogP contribution in [0.4, 0.5) is 5.69 Å². The molecule has 1 aliphatic rings. The highest BCUT2D eigenvalue weighted by molar-refractivity contribution is 8.00. The summed E-state index contributed by atoms with van der Waals surface area (Å²) in [6.45, 7) is 1.83. The lowest BCUT2D eigenvalue weighted by atomic mass is 10.1. The number of carboxylic acid groups (broad SMARTS) is 1. The number of anilines is 1. The maximum absolute atomic E-state index is 12.1. The zero-order valence-electron chi connectivity index (χ0n) is 10.8. The zero-order valence-corrected chi connectivity index (χ0v) is 11.6. The Morgan fingerprint density at radius 1 is 1.37 bits per heavy atom. The lowest BCUT2D eigenvalue weighted by Gasteiger charge is -2.21. The largest absolute Gasteiger partial charge is 0.478 e. The molecule has 0 aliphatic carbocycles. The summed E-state index contributed by atoms with van der Waals surface area (Å²) in [6.07, 6.45) is 3.08. The van der Waals surface area contributed by atoms with Crippen LogP contribution in [0.25, 0.3) is 0 Å². The molecule has 4 nitrogen and oxygen atoms in total. The Labute approximate surface area is 116 Å². The number of hydrogen-bond donors (Lipinski definition) is 2. The normalized spacial score (nSPS) is 18.9. The molecule has 0 bridgehead atoms. The van der Waals surface area contributed by atoms with Gasteiger partial charge in [-0.15, -0.1) is 11.8 Å². The molecule has 1 heterocycles. The Bertz CT molecular complexity index is 495. The lowest BCUT2D eigenvalue weighted by Crippen LogP contribution is -2.28. The van der Waals surface area contributed by atoms with Crippen LogP contribution in [-0.4, -0.2) is 28.0 Å². The molecule has 1 fully saturated rings. The van der Waals surface area contributed by atoms with E-state index in [1.54, 1.807) is 30.0 Å². The number of thioether (sulfide) groups is 1. The van der Waals surface area contributed by atoms with Crippen LogP contribution < -0.4 is 5.32 Å². The molecule has 1 saturated heterocycles. The fourth-order valence-electron chi connectivity index (χ4n) is 2.10. The number of carboxylic acids is 1. The summed E-state index contributed by atoms with van der Waals surface area (Å²) in [6, 6.07) is 5.03. The van der Waals surface area contributed by atoms with E-state index in [9.17, 15) is 9.59 Å². The number of carbonyl (C=O) groups is 2. The Hall–Kier alpha value is -1.49. The van der Waals surface area contributed by atoms with Gasteiger partial charge in [0.25, 0.3) is 0 Å². The van der Waals surface area contributed by atoms with Gasteiger partial charge in [-0.25, -0.2) is 4.79 Å². The molecule has 2 N–H and O–H groups in total. The van der Waals surface area contributed by atoms with E-state index in [4.69, 9.17) is 5.11 Å². The molecule has 5 heteroatoms. The summed E-state index contributed by atoms with van der Waals surface area (Å²) in [5, 5.41) is 11.8. The van der Waals surface area contributed by atoms with Crippen molar-refractivity contribution in [3.63, 3.8) is 0 Å². The van der Waals surface area contributed by atoms with Crippen LogP contribution in [0, 0.1) is 6.92 Å². The summed E-state index contributed by atoms with van der Waals surface area (Å²) in [5.41, 5.74) is 1.39. The van der Waals surface area contributed by atoms with Gasteiger partial charge in [0.15, 0.2) is 0 Å². The second-order valence-electron chi connectivity index (χ2n) is 4.70. The molecule has 1 aromatic rings. The van der Waals surface area contributed by atoms with Crippen LogP contribution in [0.5, 0.6) is 0 Å². The Balaban J connectivity index is 2.13. The average molecular weight is 279 g/mol. The molecule has 1 unspecified atom stereocenters. The minimum atomic E-state index is -1.02. The lowest BCUT2D eigenvalue weighted by molar-refractivity contribution is -0.115. The first-order valence-electron chi connectivity index (χ1n) is 6.34. The highest BCUT2D eigenvalue weighted by Gasteiger charge is 2.23. The topological polar surface area (TPSA) is 66.4 Å². The summed E-state index contributed by atoms with van der Waals surface area (Å²) < 4.78 is 0. The van der Waals surface area contributed by atoms with Crippen molar-refractivity contribution in [3.8, 4) is 0 Å². The van der Waals surface area contributed by atoms with Crippen molar-refractivity contribution >= 4 is 29.3 Å². The second-order valence-corrected chi connectivity index (χ2v) is 6.01. The van der Waals surface area contributed by atoms with Crippen LogP contribution in [0.15, 0.2) is 18.2 Å². The van der Waals surface area contributed by atoms with Crippen molar-refractivity contribution in [1.29, 1.82) is 0 Å². The first-order chi connectivity index (χ1) is 9.08. The molecule has 1 atom stereocenters. The van der Waals surface area contributed by atoms with Gasteiger partial charge < -0.3 is 10.4 Å². The highest BCUT2D eigenvalue weighted by Crippen LogP contribution is 2.27. The van der Waals surface area contributed by atoms with Gasteiger partial charge in [0, 0.05) is 0 Å². The Morgan fingerprint density at radius 3 is 2.79 bits per heavy atom. The highest BCUT2D eigenvalue weighted by atomic mass is 32.2. The number of aryl methyl sites for hydroxylation is 1. The minimum absolute atomic E-state index is 0.0586. The van der Waals surface area contributed by atoms with E-state index in [2.05, 4.69) is 5.32 Å². The van der Waals surface area contributed by atoms with Crippen molar-refractivity contribution in [2.24, 2.45) is 0 Å². The first kappa shape index (κ1) is 13.9. The Morgan fingerprint density at radius 2 is 2.16 bits per heavy atom. The maximum atomic E-state index is 12.1. The van der Waals surface area contributed by atoms with Crippen LogP contribution in [0.3, 0.4) is 0 Å². The number of benzene rings is 1. The molecule has 2 rings (SSSR count). The van der Waals surface area contributed by atoms with Gasteiger partial charge in [-0.1, -0.05) is 18.1 Å². The quantitative estimate of drug-likeness (QED) is 0.892. The molecule has 0 saturated carbocycles.